The van der Waals surface area contributed by atoms with Gasteiger partial charge in [0.1, 0.15) is 23.4 Å². The summed E-state index contributed by atoms with van der Waals surface area (Å²) >= 11 is 0. The normalized spacial score (nSPS) is 20.3. The third-order valence-corrected chi connectivity index (χ3v) is 6.67. The van der Waals surface area contributed by atoms with E-state index in [-0.39, 0.29) is 30.9 Å². The highest BCUT2D eigenvalue weighted by molar-refractivity contribution is 7.89. The van der Waals surface area contributed by atoms with Crippen LogP contribution in [-0.4, -0.2) is 47.4 Å². The van der Waals surface area contributed by atoms with Crippen LogP contribution >= 0.6 is 0 Å². The second kappa shape index (κ2) is 9.44. The Hall–Kier alpha value is -2.42. The molecule has 0 aromatic carbocycles. The second-order valence-corrected chi connectivity index (χ2v) is 9.80. The van der Waals surface area contributed by atoms with Crippen molar-refractivity contribution in [3.8, 4) is 0 Å². The third-order valence-electron chi connectivity index (χ3n) is 5.21. The van der Waals surface area contributed by atoms with Gasteiger partial charge in [0.15, 0.2) is 5.69 Å². The van der Waals surface area contributed by atoms with Gasteiger partial charge < -0.3 is 5.32 Å². The molecule has 1 aliphatic carbocycles. The Labute approximate surface area is 185 Å². The van der Waals surface area contributed by atoms with Crippen LogP contribution < -0.4 is 10.0 Å². The van der Waals surface area contributed by atoms with Gasteiger partial charge in [0.25, 0.3) is 0 Å². The lowest BCUT2D eigenvalue weighted by Gasteiger charge is -2.35. The van der Waals surface area contributed by atoms with E-state index < -0.39 is 45.3 Å². The van der Waals surface area contributed by atoms with E-state index in [2.05, 4.69) is 25.1 Å². The molecule has 1 aliphatic rings. The molecule has 8 nitrogen and oxygen atoms in total. The molecule has 2 heterocycles. The maximum atomic E-state index is 13.5. The minimum atomic E-state index is -5.09. The molecule has 0 saturated heterocycles. The first-order chi connectivity index (χ1) is 15.2. The number of hydrogen-bond acceptors (Lipinski definition) is 6. The zero-order valence-electron chi connectivity index (χ0n) is 17.4. The van der Waals surface area contributed by atoms with Gasteiger partial charge in [0, 0.05) is 19.5 Å². The van der Waals surface area contributed by atoms with E-state index in [4.69, 9.17) is 0 Å². The molecule has 1 fully saturated rings. The van der Waals surface area contributed by atoms with Crippen molar-refractivity contribution in [2.24, 2.45) is 11.8 Å². The fraction of sp³-hybridized carbons (Fsp3) is 0.611. The van der Waals surface area contributed by atoms with Crippen molar-refractivity contribution in [3.63, 3.8) is 0 Å². The van der Waals surface area contributed by atoms with Crippen LogP contribution in [-0.2, 0) is 16.2 Å². The van der Waals surface area contributed by atoms with E-state index in [1.165, 1.54) is 19.6 Å². The monoisotopic (exact) mass is 500 g/mol. The number of anilines is 1. The number of pyridine rings is 1. The average Bonchev–Trinajstić information content (AvgIpc) is 3.17. The predicted octanol–water partition coefficient (Wildman–Crippen LogP) is 3.62. The first-order valence-electron chi connectivity index (χ1n) is 9.97. The van der Waals surface area contributed by atoms with Gasteiger partial charge in [0.05, 0.1) is 6.04 Å². The van der Waals surface area contributed by atoms with E-state index in [0.717, 1.165) is 12.1 Å². The Kier molecular flexibility index (Phi) is 7.21. The van der Waals surface area contributed by atoms with Gasteiger partial charge in [-0.3, -0.25) is 0 Å². The summed E-state index contributed by atoms with van der Waals surface area (Å²) in [7, 11) is -4.53. The van der Waals surface area contributed by atoms with Gasteiger partial charge in [-0.2, -0.15) is 31.4 Å². The molecule has 3 rings (SSSR count). The van der Waals surface area contributed by atoms with Crippen molar-refractivity contribution >= 4 is 15.8 Å². The highest BCUT2D eigenvalue weighted by atomic mass is 32.2. The lowest BCUT2D eigenvalue weighted by atomic mass is 9.80. The fourth-order valence-corrected chi connectivity index (χ4v) is 4.78. The van der Waals surface area contributed by atoms with Gasteiger partial charge in [0.2, 0.25) is 10.0 Å². The fourth-order valence-electron chi connectivity index (χ4n) is 3.51. The summed E-state index contributed by atoms with van der Waals surface area (Å²) in [6.45, 7) is 0.935. The van der Waals surface area contributed by atoms with Crippen molar-refractivity contribution in [2.75, 3.05) is 18.4 Å². The number of sulfonamides is 1. The second-order valence-electron chi connectivity index (χ2n) is 8.07. The first kappa shape index (κ1) is 25.2. The van der Waals surface area contributed by atoms with E-state index in [0.29, 0.717) is 12.8 Å². The SMILES string of the molecule is CC(CNc1ccc(S(=O)(=O)NCC2CC(n3cncn3)C2)c(C(F)(F)F)n1)CC(F)(F)F. The largest absolute Gasteiger partial charge is 0.434 e. The number of alkyl halides is 6. The van der Waals surface area contributed by atoms with Gasteiger partial charge >= 0.3 is 12.4 Å². The molecule has 1 saturated carbocycles. The van der Waals surface area contributed by atoms with Crippen LogP contribution in [0.2, 0.25) is 0 Å². The topological polar surface area (TPSA) is 102 Å². The summed E-state index contributed by atoms with van der Waals surface area (Å²) in [4.78, 5) is 6.11. The standard InChI is InChI=1S/C18H22F6N6O2S/c1-11(6-17(19,20)21)7-26-15-3-2-14(16(29-15)18(22,23)24)33(31,32)28-8-12-4-13(5-12)30-10-25-9-27-30/h2-3,9-13,28H,4-8H2,1H3,(H,26,29). The number of hydrogen-bond donors (Lipinski definition) is 2. The highest BCUT2D eigenvalue weighted by Gasteiger charge is 2.40. The summed E-state index contributed by atoms with van der Waals surface area (Å²) in [5, 5.41) is 6.40. The molecule has 15 heteroatoms. The summed E-state index contributed by atoms with van der Waals surface area (Å²) in [6, 6.07) is 1.79. The van der Waals surface area contributed by atoms with Crippen LogP contribution in [0, 0.1) is 11.8 Å². The maximum absolute atomic E-state index is 13.5. The van der Waals surface area contributed by atoms with E-state index >= 15 is 0 Å². The Morgan fingerprint density at radius 1 is 1.18 bits per heavy atom. The summed E-state index contributed by atoms with van der Waals surface area (Å²) in [6.07, 6.45) is -6.53. The molecule has 0 aliphatic heterocycles. The van der Waals surface area contributed by atoms with Crippen molar-refractivity contribution in [3.05, 3.63) is 30.5 Å². The minimum Gasteiger partial charge on any atom is -0.370 e. The molecular weight excluding hydrogens is 478 g/mol. The van der Waals surface area contributed by atoms with E-state index in [1.54, 1.807) is 4.68 Å². The number of aromatic nitrogens is 4. The van der Waals surface area contributed by atoms with E-state index in [1.807, 2.05) is 0 Å². The van der Waals surface area contributed by atoms with Crippen molar-refractivity contribution in [2.45, 2.75) is 49.5 Å². The van der Waals surface area contributed by atoms with Crippen LogP contribution in [0.25, 0.3) is 0 Å². The Bertz CT molecular complexity index is 1040. The Balaban J connectivity index is 1.65. The average molecular weight is 500 g/mol. The minimum absolute atomic E-state index is 0.0551. The van der Waals surface area contributed by atoms with Gasteiger partial charge in [-0.05, 0) is 36.8 Å². The molecule has 2 N–H and O–H groups in total. The molecule has 33 heavy (non-hydrogen) atoms. The Morgan fingerprint density at radius 3 is 2.45 bits per heavy atom. The summed E-state index contributed by atoms with van der Waals surface area (Å²) < 4.78 is 107. The molecule has 2 aromatic heterocycles. The molecule has 0 bridgehead atoms. The van der Waals surface area contributed by atoms with E-state index in [9.17, 15) is 34.8 Å². The molecule has 184 valence electrons. The number of nitrogens with one attached hydrogen (secondary N) is 2. The van der Waals surface area contributed by atoms with Crippen LogP contribution in [0.1, 0.15) is 37.9 Å². The van der Waals surface area contributed by atoms with Gasteiger partial charge in [-0.25, -0.2) is 27.8 Å². The van der Waals surface area contributed by atoms with Crippen LogP contribution in [0.15, 0.2) is 29.7 Å². The smallest absolute Gasteiger partial charge is 0.370 e. The number of rotatable bonds is 9. The number of halogens is 6. The lowest BCUT2D eigenvalue weighted by molar-refractivity contribution is -0.143. The molecule has 0 spiro atoms. The maximum Gasteiger partial charge on any atom is 0.434 e. The van der Waals surface area contributed by atoms with Crippen molar-refractivity contribution < 1.29 is 34.8 Å². The van der Waals surface area contributed by atoms with Gasteiger partial charge in [-0.1, -0.05) is 6.92 Å². The van der Waals surface area contributed by atoms with Crippen molar-refractivity contribution in [1.82, 2.24) is 24.5 Å². The van der Waals surface area contributed by atoms with Crippen LogP contribution in [0.4, 0.5) is 32.2 Å². The lowest BCUT2D eigenvalue weighted by Crippen LogP contribution is -2.37. The molecule has 1 unspecified atom stereocenters. The number of nitrogens with zero attached hydrogens (tertiary/aromatic N) is 4. The first-order valence-corrected chi connectivity index (χ1v) is 11.5. The summed E-state index contributed by atoms with van der Waals surface area (Å²) in [5.74, 6) is -1.37. The molecular formula is C18H22F6N6O2S. The van der Waals surface area contributed by atoms with Crippen molar-refractivity contribution in [1.29, 1.82) is 0 Å². The molecule has 1 atom stereocenters. The third kappa shape index (κ3) is 6.79. The predicted molar refractivity (Wildman–Crippen MR) is 105 cm³/mol. The highest BCUT2D eigenvalue weighted by Crippen LogP contribution is 2.37. The van der Waals surface area contributed by atoms with Crippen LogP contribution in [0.5, 0.6) is 0 Å². The molecule has 0 amide bonds. The zero-order chi connectivity index (χ0) is 24.4. The molecule has 0 radical (unpaired) electrons. The molecule has 2 aromatic rings. The quantitative estimate of drug-likeness (QED) is 0.510. The van der Waals surface area contributed by atoms with Gasteiger partial charge in [-0.15, -0.1) is 0 Å². The zero-order valence-corrected chi connectivity index (χ0v) is 18.2. The van der Waals surface area contributed by atoms with Crippen LogP contribution in [0.3, 0.4) is 0 Å². The summed E-state index contributed by atoms with van der Waals surface area (Å²) in [5.41, 5.74) is -1.64. The Morgan fingerprint density at radius 2 is 1.88 bits per heavy atom.